The Hall–Kier alpha value is -1.11. The highest BCUT2D eigenvalue weighted by Gasteiger charge is 2.36. The maximum Gasteiger partial charge on any atom is 0.183 e. The molecule has 1 aromatic rings. The molecular weight excluding hydrogens is 290 g/mol. The van der Waals surface area contributed by atoms with Crippen LogP contribution >= 0.6 is 0 Å². The van der Waals surface area contributed by atoms with Gasteiger partial charge in [0.05, 0.1) is 23.4 Å². The molecule has 6 heteroatoms. The summed E-state index contributed by atoms with van der Waals surface area (Å²) in [5, 5.41) is 11.7. The summed E-state index contributed by atoms with van der Waals surface area (Å²) in [6.45, 7) is 6.31. The predicted octanol–water partition coefficient (Wildman–Crippen LogP) is 1.20. The Bertz CT molecular complexity index is 612. The molecule has 21 heavy (non-hydrogen) atoms. The lowest BCUT2D eigenvalue weighted by atomic mass is 10.1. The summed E-state index contributed by atoms with van der Waals surface area (Å²) in [6.07, 6.45) is 0.441. The molecule has 1 aromatic carbocycles. The highest BCUT2D eigenvalue weighted by atomic mass is 32.2. The van der Waals surface area contributed by atoms with Gasteiger partial charge in [-0.1, -0.05) is 6.07 Å². The number of hydrogen-bond acceptors (Lipinski definition) is 5. The largest absolute Gasteiger partial charge is 0.494 e. The number of hydrogen-bond donors (Lipinski definition) is 2. The van der Waals surface area contributed by atoms with Gasteiger partial charge in [0.15, 0.2) is 9.84 Å². The Morgan fingerprint density at radius 1 is 1.38 bits per heavy atom. The zero-order valence-electron chi connectivity index (χ0n) is 12.7. The van der Waals surface area contributed by atoms with Crippen molar-refractivity contribution in [3.8, 4) is 5.75 Å². The van der Waals surface area contributed by atoms with Crippen LogP contribution in [0, 0.1) is 13.8 Å². The lowest BCUT2D eigenvalue weighted by Gasteiger charge is -2.18. The summed E-state index contributed by atoms with van der Waals surface area (Å²) in [7, 11) is -3.44. The normalized spacial score (nSPS) is 22.5. The van der Waals surface area contributed by atoms with Crippen molar-refractivity contribution in [1.29, 1.82) is 0 Å². The van der Waals surface area contributed by atoms with Crippen LogP contribution in [0.5, 0.6) is 5.75 Å². The Labute approximate surface area is 126 Å². The van der Waals surface area contributed by atoms with Gasteiger partial charge >= 0.3 is 0 Å². The lowest BCUT2D eigenvalue weighted by molar-refractivity contribution is 0.255. The fourth-order valence-corrected chi connectivity index (χ4v) is 5.06. The standard InChI is InChI=1S/C15H23NO4S/c1-4-20-14-6-5-10(2)15(11(14)3)21(18,19)13-7-12(9-17)16-8-13/h5-6,12-13,16-17H,4,7-9H2,1-3H3/t12-,13?/m0/s1. The molecule has 0 saturated carbocycles. The van der Waals surface area contributed by atoms with Crippen molar-refractivity contribution in [2.45, 2.75) is 43.4 Å². The zero-order valence-corrected chi connectivity index (χ0v) is 13.5. The number of nitrogens with one attached hydrogen (secondary N) is 1. The summed E-state index contributed by atoms with van der Waals surface area (Å²) in [4.78, 5) is 0.374. The van der Waals surface area contributed by atoms with Gasteiger partial charge in [0.1, 0.15) is 5.75 Å². The quantitative estimate of drug-likeness (QED) is 0.854. The number of rotatable bonds is 5. The first-order valence-corrected chi connectivity index (χ1v) is 8.77. The first kappa shape index (κ1) is 16.3. The Morgan fingerprint density at radius 2 is 2.10 bits per heavy atom. The second-order valence-electron chi connectivity index (χ2n) is 5.46. The van der Waals surface area contributed by atoms with Crippen molar-refractivity contribution in [1.82, 2.24) is 5.32 Å². The molecule has 0 aromatic heterocycles. The Morgan fingerprint density at radius 3 is 2.67 bits per heavy atom. The van der Waals surface area contributed by atoms with Gasteiger partial charge in [0.2, 0.25) is 0 Å². The van der Waals surface area contributed by atoms with E-state index in [1.165, 1.54) is 0 Å². The van der Waals surface area contributed by atoms with E-state index >= 15 is 0 Å². The number of aliphatic hydroxyl groups is 1. The molecule has 2 N–H and O–H groups in total. The summed E-state index contributed by atoms with van der Waals surface area (Å²) in [5.41, 5.74) is 1.41. The second kappa shape index (κ2) is 6.34. The molecule has 2 atom stereocenters. The monoisotopic (exact) mass is 313 g/mol. The van der Waals surface area contributed by atoms with Gasteiger partial charge in [-0.3, -0.25) is 0 Å². The van der Waals surface area contributed by atoms with Gasteiger partial charge in [-0.25, -0.2) is 8.42 Å². The van der Waals surface area contributed by atoms with Gasteiger partial charge in [0.25, 0.3) is 0 Å². The van der Waals surface area contributed by atoms with Crippen molar-refractivity contribution in [3.63, 3.8) is 0 Å². The van der Waals surface area contributed by atoms with Gasteiger partial charge in [-0.15, -0.1) is 0 Å². The van der Waals surface area contributed by atoms with Crippen LogP contribution in [-0.4, -0.2) is 44.6 Å². The molecule has 1 heterocycles. The minimum atomic E-state index is -3.44. The highest BCUT2D eigenvalue weighted by molar-refractivity contribution is 7.92. The van der Waals surface area contributed by atoms with E-state index in [-0.39, 0.29) is 12.6 Å². The molecule has 2 rings (SSSR count). The van der Waals surface area contributed by atoms with Crippen LogP contribution in [0.25, 0.3) is 0 Å². The zero-order chi connectivity index (χ0) is 15.6. The van der Waals surface area contributed by atoms with Crippen molar-refractivity contribution in [3.05, 3.63) is 23.3 Å². The van der Waals surface area contributed by atoms with Crippen molar-refractivity contribution < 1.29 is 18.3 Å². The summed E-state index contributed by atoms with van der Waals surface area (Å²) >= 11 is 0. The Balaban J connectivity index is 2.43. The van der Waals surface area contributed by atoms with Gasteiger partial charge in [-0.2, -0.15) is 0 Å². The first-order chi connectivity index (χ1) is 9.91. The van der Waals surface area contributed by atoms with Crippen molar-refractivity contribution >= 4 is 9.84 Å². The summed E-state index contributed by atoms with van der Waals surface area (Å²) < 4.78 is 31.3. The van der Waals surface area contributed by atoms with Crippen LogP contribution in [0.4, 0.5) is 0 Å². The van der Waals surface area contributed by atoms with Crippen LogP contribution in [-0.2, 0) is 9.84 Å². The summed E-state index contributed by atoms with van der Waals surface area (Å²) in [5.74, 6) is 0.617. The molecule has 1 unspecified atom stereocenters. The number of ether oxygens (including phenoxy) is 1. The second-order valence-corrected chi connectivity index (χ2v) is 7.62. The summed E-state index contributed by atoms with van der Waals surface area (Å²) in [6, 6.07) is 3.47. The van der Waals surface area contributed by atoms with Crippen LogP contribution in [0.1, 0.15) is 24.5 Å². The molecule has 1 saturated heterocycles. The molecule has 1 aliphatic heterocycles. The lowest BCUT2D eigenvalue weighted by Crippen LogP contribution is -2.26. The number of aliphatic hydroxyl groups excluding tert-OH is 1. The molecule has 0 amide bonds. The third-order valence-electron chi connectivity index (χ3n) is 3.98. The Kier molecular flexibility index (Phi) is 4.91. The minimum absolute atomic E-state index is 0.0387. The molecule has 1 aliphatic rings. The molecule has 1 fully saturated rings. The first-order valence-electron chi connectivity index (χ1n) is 7.23. The molecular formula is C15H23NO4S. The van der Waals surface area contributed by atoms with Crippen molar-refractivity contribution in [2.75, 3.05) is 19.8 Å². The molecule has 0 bridgehead atoms. The van der Waals surface area contributed by atoms with Gasteiger partial charge in [-0.05, 0) is 38.8 Å². The van der Waals surface area contributed by atoms with Gasteiger partial charge in [0, 0.05) is 18.2 Å². The van der Waals surface area contributed by atoms with Crippen LogP contribution in [0.3, 0.4) is 0 Å². The minimum Gasteiger partial charge on any atom is -0.494 e. The molecule has 5 nitrogen and oxygen atoms in total. The van der Waals surface area contributed by atoms with Crippen molar-refractivity contribution in [2.24, 2.45) is 0 Å². The van der Waals surface area contributed by atoms with E-state index in [1.807, 2.05) is 19.9 Å². The average Bonchev–Trinajstić information content (AvgIpc) is 2.91. The molecule has 0 spiro atoms. The third-order valence-corrected chi connectivity index (χ3v) is 6.41. The fraction of sp³-hybridized carbons (Fsp3) is 0.600. The maximum absolute atomic E-state index is 12.9. The maximum atomic E-state index is 12.9. The number of benzene rings is 1. The molecule has 0 radical (unpaired) electrons. The van der Waals surface area contributed by atoms with E-state index < -0.39 is 15.1 Å². The number of aryl methyl sites for hydroxylation is 1. The number of sulfone groups is 1. The fourth-order valence-electron chi connectivity index (χ4n) is 2.88. The smallest absolute Gasteiger partial charge is 0.183 e. The van der Waals surface area contributed by atoms with Crippen LogP contribution in [0.15, 0.2) is 17.0 Å². The van der Waals surface area contributed by atoms with E-state index in [1.54, 1.807) is 13.0 Å². The van der Waals surface area contributed by atoms with Crippen LogP contribution in [0.2, 0.25) is 0 Å². The SMILES string of the molecule is CCOc1ccc(C)c(S(=O)(=O)C2CN[C@H](CO)C2)c1C. The topological polar surface area (TPSA) is 75.6 Å². The third kappa shape index (κ3) is 3.07. The van der Waals surface area contributed by atoms with E-state index in [4.69, 9.17) is 9.84 Å². The van der Waals surface area contributed by atoms with E-state index in [2.05, 4.69) is 5.32 Å². The van der Waals surface area contributed by atoms with E-state index in [0.717, 1.165) is 5.56 Å². The van der Waals surface area contributed by atoms with Crippen LogP contribution < -0.4 is 10.1 Å². The van der Waals surface area contributed by atoms with E-state index in [9.17, 15) is 8.42 Å². The van der Waals surface area contributed by atoms with E-state index in [0.29, 0.717) is 35.8 Å². The molecule has 118 valence electrons. The van der Waals surface area contributed by atoms with Gasteiger partial charge < -0.3 is 15.2 Å². The average molecular weight is 313 g/mol. The molecule has 0 aliphatic carbocycles. The highest BCUT2D eigenvalue weighted by Crippen LogP contribution is 2.32. The predicted molar refractivity (Wildman–Crippen MR) is 81.6 cm³/mol.